The van der Waals surface area contributed by atoms with Crippen molar-refractivity contribution in [1.82, 2.24) is 19.4 Å². The molecule has 2 aliphatic rings. The molecule has 114 valence electrons. The monoisotopic (exact) mass is 296 g/mol. The highest BCUT2D eigenvalue weighted by molar-refractivity contribution is 5.95. The van der Waals surface area contributed by atoms with Crippen LogP contribution in [0.1, 0.15) is 43.0 Å². The third-order valence-corrected chi connectivity index (χ3v) is 4.68. The van der Waals surface area contributed by atoms with E-state index in [1.807, 2.05) is 22.9 Å². The summed E-state index contributed by atoms with van der Waals surface area (Å²) < 4.78 is 1.82. The number of rotatable bonds is 5. The van der Waals surface area contributed by atoms with Gasteiger partial charge in [0.15, 0.2) is 0 Å². The van der Waals surface area contributed by atoms with Crippen LogP contribution in [0.5, 0.6) is 0 Å². The van der Waals surface area contributed by atoms with Gasteiger partial charge in [-0.2, -0.15) is 0 Å². The first-order chi connectivity index (χ1) is 10.7. The normalized spacial score (nSPS) is 19.0. The smallest absolute Gasteiger partial charge is 0.254 e. The molecule has 22 heavy (non-hydrogen) atoms. The van der Waals surface area contributed by atoms with E-state index in [1.54, 1.807) is 18.7 Å². The van der Waals surface area contributed by atoms with Crippen LogP contribution in [0.3, 0.4) is 0 Å². The molecular formula is C17H20N4O. The zero-order valence-corrected chi connectivity index (χ0v) is 12.7. The van der Waals surface area contributed by atoms with Gasteiger partial charge >= 0.3 is 0 Å². The van der Waals surface area contributed by atoms with E-state index >= 15 is 0 Å². The lowest BCUT2D eigenvalue weighted by atomic mass is 10.1. The molecule has 4 rings (SSSR count). The van der Waals surface area contributed by atoms with Gasteiger partial charge in [-0.1, -0.05) is 0 Å². The average Bonchev–Trinajstić information content (AvgIpc) is 3.47. The fourth-order valence-electron chi connectivity index (χ4n) is 3.08. The molecule has 0 unspecified atom stereocenters. The molecule has 0 aliphatic heterocycles. The van der Waals surface area contributed by atoms with Crippen LogP contribution in [-0.2, 0) is 0 Å². The standard InChI is InChI=1S/C17H20N4O/c1-12(13-2-3-13)21(15-4-5-15)17(22)14-6-7-19-16(10-14)20-9-8-18-11-20/h6-13,15H,2-5H2,1H3/t12-/m0/s1. The highest BCUT2D eigenvalue weighted by Gasteiger charge is 2.41. The Morgan fingerprint density at radius 1 is 1.32 bits per heavy atom. The van der Waals surface area contributed by atoms with Crippen molar-refractivity contribution in [3.05, 3.63) is 42.6 Å². The molecule has 1 amide bonds. The van der Waals surface area contributed by atoms with Crippen molar-refractivity contribution in [2.45, 2.75) is 44.7 Å². The van der Waals surface area contributed by atoms with E-state index in [2.05, 4.69) is 21.8 Å². The molecular weight excluding hydrogens is 276 g/mol. The lowest BCUT2D eigenvalue weighted by molar-refractivity contribution is 0.0654. The molecule has 0 radical (unpaired) electrons. The summed E-state index contributed by atoms with van der Waals surface area (Å²) in [6, 6.07) is 4.47. The second-order valence-electron chi connectivity index (χ2n) is 6.39. The predicted molar refractivity (Wildman–Crippen MR) is 82.7 cm³/mol. The van der Waals surface area contributed by atoms with Gasteiger partial charge in [-0.3, -0.25) is 9.36 Å². The first-order valence-corrected chi connectivity index (χ1v) is 8.01. The fourth-order valence-corrected chi connectivity index (χ4v) is 3.08. The Kier molecular flexibility index (Phi) is 3.21. The van der Waals surface area contributed by atoms with Gasteiger partial charge in [-0.05, 0) is 50.7 Å². The van der Waals surface area contributed by atoms with Crippen molar-refractivity contribution in [1.29, 1.82) is 0 Å². The van der Waals surface area contributed by atoms with Crippen LogP contribution >= 0.6 is 0 Å². The van der Waals surface area contributed by atoms with Crippen LogP contribution in [-0.4, -0.2) is 37.4 Å². The van der Waals surface area contributed by atoms with E-state index in [0.29, 0.717) is 18.0 Å². The highest BCUT2D eigenvalue weighted by atomic mass is 16.2. The van der Waals surface area contributed by atoms with Crippen molar-refractivity contribution in [2.75, 3.05) is 0 Å². The number of carbonyl (C=O) groups is 1. The second kappa shape index (κ2) is 5.23. The predicted octanol–water partition coefficient (Wildman–Crippen LogP) is 2.67. The van der Waals surface area contributed by atoms with Crippen LogP contribution in [0.25, 0.3) is 5.82 Å². The maximum absolute atomic E-state index is 13.0. The molecule has 5 heteroatoms. The Bertz CT molecular complexity index is 674. The highest BCUT2D eigenvalue weighted by Crippen LogP contribution is 2.40. The molecule has 1 atom stereocenters. The van der Waals surface area contributed by atoms with Crippen molar-refractivity contribution >= 4 is 5.91 Å². The minimum Gasteiger partial charge on any atom is -0.333 e. The summed E-state index contributed by atoms with van der Waals surface area (Å²) in [6.07, 6.45) is 11.7. The third-order valence-electron chi connectivity index (χ3n) is 4.68. The average molecular weight is 296 g/mol. The molecule has 0 aromatic carbocycles. The number of amides is 1. The van der Waals surface area contributed by atoms with E-state index in [0.717, 1.165) is 24.2 Å². The largest absolute Gasteiger partial charge is 0.333 e. The molecule has 5 nitrogen and oxygen atoms in total. The number of pyridine rings is 1. The molecule has 0 N–H and O–H groups in total. The molecule has 2 fully saturated rings. The molecule has 2 aromatic heterocycles. The summed E-state index contributed by atoms with van der Waals surface area (Å²) in [5, 5.41) is 0. The lowest BCUT2D eigenvalue weighted by Gasteiger charge is -2.29. The van der Waals surface area contributed by atoms with Gasteiger partial charge < -0.3 is 4.90 Å². The molecule has 2 saturated carbocycles. The molecule has 0 saturated heterocycles. The van der Waals surface area contributed by atoms with E-state index in [1.165, 1.54) is 12.8 Å². The van der Waals surface area contributed by atoms with Gasteiger partial charge in [0.05, 0.1) is 0 Å². The first-order valence-electron chi connectivity index (χ1n) is 8.01. The van der Waals surface area contributed by atoms with Gasteiger partial charge in [0.25, 0.3) is 5.91 Å². The second-order valence-corrected chi connectivity index (χ2v) is 6.39. The van der Waals surface area contributed by atoms with Gasteiger partial charge in [0.1, 0.15) is 12.1 Å². The summed E-state index contributed by atoms with van der Waals surface area (Å²) in [5.74, 6) is 1.57. The van der Waals surface area contributed by atoms with Crippen LogP contribution in [0.15, 0.2) is 37.1 Å². The quantitative estimate of drug-likeness (QED) is 0.852. The Hall–Kier alpha value is -2.17. The van der Waals surface area contributed by atoms with E-state index in [9.17, 15) is 4.79 Å². The summed E-state index contributed by atoms with van der Waals surface area (Å²) in [6.45, 7) is 2.20. The topological polar surface area (TPSA) is 51.0 Å². The van der Waals surface area contributed by atoms with Crippen molar-refractivity contribution in [3.63, 3.8) is 0 Å². The number of nitrogens with zero attached hydrogens (tertiary/aromatic N) is 4. The van der Waals surface area contributed by atoms with Gasteiger partial charge in [0, 0.05) is 36.2 Å². The van der Waals surface area contributed by atoms with Crippen LogP contribution in [0.2, 0.25) is 0 Å². The zero-order valence-electron chi connectivity index (χ0n) is 12.7. The Morgan fingerprint density at radius 2 is 2.14 bits per heavy atom. The maximum Gasteiger partial charge on any atom is 0.254 e. The maximum atomic E-state index is 13.0. The number of imidazole rings is 1. The Labute approximate surface area is 130 Å². The van der Waals surface area contributed by atoms with Crippen molar-refractivity contribution in [2.24, 2.45) is 5.92 Å². The number of hydrogen-bond acceptors (Lipinski definition) is 3. The van der Waals surface area contributed by atoms with Gasteiger partial charge in [-0.25, -0.2) is 9.97 Å². The van der Waals surface area contributed by atoms with Crippen LogP contribution in [0.4, 0.5) is 0 Å². The summed E-state index contributed by atoms with van der Waals surface area (Å²) in [7, 11) is 0. The Balaban J connectivity index is 1.62. The molecule has 0 bridgehead atoms. The summed E-state index contributed by atoms with van der Waals surface area (Å²) >= 11 is 0. The third kappa shape index (κ3) is 2.51. The molecule has 2 heterocycles. The van der Waals surface area contributed by atoms with E-state index in [-0.39, 0.29) is 5.91 Å². The number of hydrogen-bond donors (Lipinski definition) is 0. The van der Waals surface area contributed by atoms with Gasteiger partial charge in [0.2, 0.25) is 0 Å². The first kappa shape index (κ1) is 13.5. The Morgan fingerprint density at radius 3 is 2.77 bits per heavy atom. The van der Waals surface area contributed by atoms with Gasteiger partial charge in [-0.15, -0.1) is 0 Å². The van der Waals surface area contributed by atoms with Crippen LogP contribution in [0, 0.1) is 5.92 Å². The summed E-state index contributed by atoms with van der Waals surface area (Å²) in [4.78, 5) is 23.5. The summed E-state index contributed by atoms with van der Waals surface area (Å²) in [5.41, 5.74) is 0.720. The van der Waals surface area contributed by atoms with Crippen molar-refractivity contribution < 1.29 is 4.79 Å². The van der Waals surface area contributed by atoms with Crippen LogP contribution < -0.4 is 0 Å². The fraction of sp³-hybridized carbons (Fsp3) is 0.471. The molecule has 0 spiro atoms. The van der Waals surface area contributed by atoms with Crippen molar-refractivity contribution in [3.8, 4) is 5.82 Å². The number of aromatic nitrogens is 3. The van der Waals surface area contributed by atoms with E-state index in [4.69, 9.17) is 0 Å². The molecule has 2 aliphatic carbocycles. The minimum absolute atomic E-state index is 0.144. The van der Waals surface area contributed by atoms with E-state index < -0.39 is 0 Å². The lowest BCUT2D eigenvalue weighted by Crippen LogP contribution is -2.41. The zero-order chi connectivity index (χ0) is 15.1. The SMILES string of the molecule is C[C@@H](C1CC1)N(C(=O)c1ccnc(-n2ccnc2)c1)C1CC1. The number of carbonyl (C=O) groups excluding carboxylic acids is 1. The minimum atomic E-state index is 0.144. The molecule has 2 aromatic rings.